The van der Waals surface area contributed by atoms with E-state index in [0.717, 1.165) is 0 Å². The number of benzene rings is 1. The number of hydrogen-bond donors (Lipinski definition) is 1. The lowest BCUT2D eigenvalue weighted by Crippen LogP contribution is -2.14. The fourth-order valence-corrected chi connectivity index (χ4v) is 1.62. The normalized spacial score (nSPS) is 11.4. The van der Waals surface area contributed by atoms with Crippen LogP contribution in [-0.2, 0) is 11.4 Å². The number of amidine groups is 1. The van der Waals surface area contributed by atoms with Crippen LogP contribution in [0.1, 0.15) is 11.1 Å². The minimum absolute atomic E-state index is 0.0908. The van der Waals surface area contributed by atoms with Crippen LogP contribution in [0.15, 0.2) is 47.9 Å². The van der Waals surface area contributed by atoms with Crippen LogP contribution in [0.4, 0.5) is 4.39 Å². The third-order valence-electron chi connectivity index (χ3n) is 2.39. The van der Waals surface area contributed by atoms with Gasteiger partial charge in [0.2, 0.25) is 0 Å². The summed E-state index contributed by atoms with van der Waals surface area (Å²) in [7, 11) is 0. The average Bonchev–Trinajstić information content (AvgIpc) is 2.43. The number of pyridine rings is 1. The second-order valence-electron chi connectivity index (χ2n) is 3.69. The van der Waals surface area contributed by atoms with Crippen LogP contribution in [0, 0.1) is 5.82 Å². The molecule has 0 amide bonds. The Kier molecular flexibility index (Phi) is 4.30. The summed E-state index contributed by atoms with van der Waals surface area (Å²) < 4.78 is 13.4. The third kappa shape index (κ3) is 3.42. The molecule has 0 atom stereocenters. The van der Waals surface area contributed by atoms with Crippen molar-refractivity contribution in [2.24, 2.45) is 10.9 Å². The van der Waals surface area contributed by atoms with Gasteiger partial charge in [0.1, 0.15) is 12.4 Å². The molecule has 2 aromatic rings. The topological polar surface area (TPSA) is 60.5 Å². The van der Waals surface area contributed by atoms with Crippen molar-refractivity contribution in [1.82, 2.24) is 4.98 Å². The monoisotopic (exact) mass is 279 g/mol. The van der Waals surface area contributed by atoms with Gasteiger partial charge in [-0.05, 0) is 24.3 Å². The first-order valence-corrected chi connectivity index (χ1v) is 5.85. The standard InChI is InChI=1S/C13H11ClFN3O/c14-11-4-1-5-12(15)10(11)8-19-18-13(16)9-3-2-6-17-7-9/h1-7H,8H2,(H2,16,18). The lowest BCUT2D eigenvalue weighted by atomic mass is 10.2. The van der Waals surface area contributed by atoms with Crippen LogP contribution in [0.25, 0.3) is 0 Å². The molecule has 4 nitrogen and oxygen atoms in total. The Balaban J connectivity index is 2.04. The highest BCUT2D eigenvalue weighted by molar-refractivity contribution is 6.31. The molecule has 0 radical (unpaired) electrons. The summed E-state index contributed by atoms with van der Waals surface area (Å²) in [6, 6.07) is 7.88. The number of hydrogen-bond acceptors (Lipinski definition) is 3. The van der Waals surface area contributed by atoms with E-state index < -0.39 is 5.82 Å². The number of halogens is 2. The molecule has 0 aliphatic heterocycles. The summed E-state index contributed by atoms with van der Waals surface area (Å²) >= 11 is 5.85. The van der Waals surface area contributed by atoms with E-state index in [1.165, 1.54) is 12.1 Å². The zero-order chi connectivity index (χ0) is 13.7. The minimum atomic E-state index is -0.442. The van der Waals surface area contributed by atoms with Crippen molar-refractivity contribution in [3.8, 4) is 0 Å². The van der Waals surface area contributed by atoms with E-state index in [4.69, 9.17) is 22.2 Å². The molecule has 1 heterocycles. The second-order valence-corrected chi connectivity index (χ2v) is 4.10. The van der Waals surface area contributed by atoms with E-state index in [1.807, 2.05) is 0 Å². The number of aromatic nitrogens is 1. The lowest BCUT2D eigenvalue weighted by molar-refractivity contribution is 0.128. The van der Waals surface area contributed by atoms with Gasteiger partial charge in [0.25, 0.3) is 0 Å². The van der Waals surface area contributed by atoms with Gasteiger partial charge in [0, 0.05) is 23.5 Å². The summed E-state index contributed by atoms with van der Waals surface area (Å²) in [5, 5.41) is 3.99. The molecule has 0 unspecified atom stereocenters. The first kappa shape index (κ1) is 13.3. The van der Waals surface area contributed by atoms with Gasteiger partial charge in [-0.25, -0.2) is 4.39 Å². The van der Waals surface area contributed by atoms with Crippen LogP contribution in [0.5, 0.6) is 0 Å². The van der Waals surface area contributed by atoms with Crippen LogP contribution in [0.2, 0.25) is 5.02 Å². The lowest BCUT2D eigenvalue weighted by Gasteiger charge is -2.05. The summed E-state index contributed by atoms with van der Waals surface area (Å²) in [6.45, 7) is -0.0908. The van der Waals surface area contributed by atoms with Gasteiger partial charge in [0.05, 0.1) is 5.02 Å². The molecule has 1 aromatic carbocycles. The van der Waals surface area contributed by atoms with E-state index in [9.17, 15) is 4.39 Å². The third-order valence-corrected chi connectivity index (χ3v) is 2.74. The largest absolute Gasteiger partial charge is 0.389 e. The van der Waals surface area contributed by atoms with Crippen molar-refractivity contribution < 1.29 is 9.23 Å². The first-order valence-electron chi connectivity index (χ1n) is 5.47. The molecule has 0 saturated heterocycles. The van der Waals surface area contributed by atoms with Gasteiger partial charge in [-0.3, -0.25) is 4.98 Å². The summed E-state index contributed by atoms with van der Waals surface area (Å²) in [5.74, 6) is -0.275. The molecule has 98 valence electrons. The van der Waals surface area contributed by atoms with Crippen molar-refractivity contribution in [2.45, 2.75) is 6.61 Å². The highest BCUT2D eigenvalue weighted by Crippen LogP contribution is 2.19. The molecule has 0 spiro atoms. The maximum absolute atomic E-state index is 13.4. The van der Waals surface area contributed by atoms with E-state index in [2.05, 4.69) is 10.1 Å². The fraction of sp³-hybridized carbons (Fsp3) is 0.0769. The average molecular weight is 280 g/mol. The molecule has 0 fully saturated rings. The molecule has 0 bridgehead atoms. The predicted molar refractivity (Wildman–Crippen MR) is 71.2 cm³/mol. The van der Waals surface area contributed by atoms with Crippen LogP contribution < -0.4 is 5.73 Å². The van der Waals surface area contributed by atoms with Gasteiger partial charge in [-0.1, -0.05) is 22.8 Å². The van der Waals surface area contributed by atoms with Crippen molar-refractivity contribution in [2.75, 3.05) is 0 Å². The Hall–Kier alpha value is -2.14. The Morgan fingerprint density at radius 1 is 1.37 bits per heavy atom. The summed E-state index contributed by atoms with van der Waals surface area (Å²) in [4.78, 5) is 8.91. The SMILES string of the molecule is N/C(=N\OCc1c(F)cccc1Cl)c1cccnc1. The van der Waals surface area contributed by atoms with Gasteiger partial charge in [-0.2, -0.15) is 0 Å². The van der Waals surface area contributed by atoms with Crippen molar-refractivity contribution >= 4 is 17.4 Å². The van der Waals surface area contributed by atoms with Gasteiger partial charge < -0.3 is 10.6 Å². The maximum atomic E-state index is 13.4. The van der Waals surface area contributed by atoms with Crippen molar-refractivity contribution in [3.05, 3.63) is 64.7 Å². The van der Waals surface area contributed by atoms with Gasteiger partial charge >= 0.3 is 0 Å². The Labute approximate surface area is 114 Å². The minimum Gasteiger partial charge on any atom is -0.389 e. The van der Waals surface area contributed by atoms with Crippen molar-refractivity contribution in [3.63, 3.8) is 0 Å². The number of nitrogens with zero attached hydrogens (tertiary/aromatic N) is 2. The van der Waals surface area contributed by atoms with Crippen molar-refractivity contribution in [1.29, 1.82) is 0 Å². The van der Waals surface area contributed by atoms with E-state index in [-0.39, 0.29) is 23.0 Å². The number of oxime groups is 1. The second kappa shape index (κ2) is 6.15. The molecule has 1 aromatic heterocycles. The van der Waals surface area contributed by atoms with E-state index in [0.29, 0.717) is 5.56 Å². The molecular weight excluding hydrogens is 269 g/mol. The Morgan fingerprint density at radius 2 is 2.21 bits per heavy atom. The molecule has 19 heavy (non-hydrogen) atoms. The summed E-state index contributed by atoms with van der Waals surface area (Å²) in [6.07, 6.45) is 3.18. The Bertz CT molecular complexity index is 569. The van der Waals surface area contributed by atoms with Gasteiger partial charge in [-0.15, -0.1) is 0 Å². The summed E-state index contributed by atoms with van der Waals surface area (Å²) in [5.41, 5.74) is 6.56. The van der Waals surface area contributed by atoms with E-state index in [1.54, 1.807) is 30.6 Å². The highest BCUT2D eigenvalue weighted by atomic mass is 35.5. The molecule has 0 aliphatic carbocycles. The van der Waals surface area contributed by atoms with Crippen LogP contribution >= 0.6 is 11.6 Å². The molecule has 2 rings (SSSR count). The predicted octanol–water partition coefficient (Wildman–Crippen LogP) is 2.71. The zero-order valence-corrected chi connectivity index (χ0v) is 10.6. The van der Waals surface area contributed by atoms with Gasteiger partial charge in [0.15, 0.2) is 5.84 Å². The fourth-order valence-electron chi connectivity index (χ4n) is 1.40. The van der Waals surface area contributed by atoms with Crippen LogP contribution in [0.3, 0.4) is 0 Å². The maximum Gasteiger partial charge on any atom is 0.171 e. The zero-order valence-electron chi connectivity index (χ0n) is 9.88. The molecule has 2 N–H and O–H groups in total. The number of rotatable bonds is 4. The van der Waals surface area contributed by atoms with E-state index >= 15 is 0 Å². The van der Waals surface area contributed by atoms with Crippen LogP contribution in [-0.4, -0.2) is 10.8 Å². The molecule has 0 saturated carbocycles. The molecule has 0 aliphatic rings. The molecule has 6 heteroatoms. The molecular formula is C13H11ClFN3O. The number of nitrogens with two attached hydrogens (primary N) is 1. The highest BCUT2D eigenvalue weighted by Gasteiger charge is 2.07. The first-order chi connectivity index (χ1) is 9.18. The Morgan fingerprint density at radius 3 is 2.89 bits per heavy atom. The quantitative estimate of drug-likeness (QED) is 0.532. The smallest absolute Gasteiger partial charge is 0.171 e.